The molecule has 4 aromatic carbocycles. The van der Waals surface area contributed by atoms with Gasteiger partial charge in [-0.3, -0.25) is 10.1 Å². The summed E-state index contributed by atoms with van der Waals surface area (Å²) in [6, 6.07) is 22.8. The minimum atomic E-state index is -0.489. The lowest BCUT2D eigenvalue weighted by molar-refractivity contribution is -0.384. The van der Waals surface area contributed by atoms with Gasteiger partial charge in [0.15, 0.2) is 0 Å². The number of phenolic OH excluding ortho intramolecular Hbond substituents is 2. The molecule has 0 unspecified atom stereocenters. The molecule has 0 bridgehead atoms. The Bertz CT molecular complexity index is 1970. The van der Waals surface area contributed by atoms with Gasteiger partial charge >= 0.3 is 0 Å². The van der Waals surface area contributed by atoms with E-state index in [1.165, 1.54) is 36.4 Å². The van der Waals surface area contributed by atoms with Gasteiger partial charge in [-0.25, -0.2) is 0 Å². The minimum absolute atomic E-state index is 0.00166. The first kappa shape index (κ1) is 28.1. The molecule has 0 spiro atoms. The van der Waals surface area contributed by atoms with Crippen LogP contribution in [0, 0.1) is 10.1 Å². The second-order valence-corrected chi connectivity index (χ2v) is 10.9. The summed E-state index contributed by atoms with van der Waals surface area (Å²) in [5.41, 5.74) is 2.59. The van der Waals surface area contributed by atoms with Gasteiger partial charge in [0.25, 0.3) is 17.5 Å². The molecule has 6 aromatic rings. The predicted molar refractivity (Wildman–Crippen MR) is 159 cm³/mol. The van der Waals surface area contributed by atoms with Crippen molar-refractivity contribution in [3.63, 3.8) is 0 Å². The highest BCUT2D eigenvalue weighted by Gasteiger charge is 2.21. The molecule has 0 aliphatic heterocycles. The second-order valence-electron chi connectivity index (χ2n) is 10.9. The van der Waals surface area contributed by atoms with E-state index < -0.39 is 4.92 Å². The Morgan fingerprint density at radius 3 is 1.77 bits per heavy atom. The molecule has 12 heteroatoms. The van der Waals surface area contributed by atoms with Crippen LogP contribution < -0.4 is 4.74 Å². The number of nitro benzene ring substituents is 1. The van der Waals surface area contributed by atoms with Gasteiger partial charge in [-0.05, 0) is 65.6 Å². The molecule has 6 rings (SSSR count). The van der Waals surface area contributed by atoms with Crippen molar-refractivity contribution in [1.29, 1.82) is 0 Å². The first-order valence-corrected chi connectivity index (χ1v) is 13.4. The van der Waals surface area contributed by atoms with E-state index in [-0.39, 0.29) is 57.3 Å². The van der Waals surface area contributed by atoms with Crippen LogP contribution in [0.5, 0.6) is 23.0 Å². The van der Waals surface area contributed by atoms with Crippen LogP contribution in [0.15, 0.2) is 93.8 Å². The molecule has 0 amide bonds. The standard InChI is InChI=1S/C32H25N5O7/c1-32(2,3)20-9-7-18(8-10-20)28-33-35-30(43-28)24-16-27(39)25(17-26(24)38)31-36-34-29(44-31)19-5-4-6-23(15-19)42-22-13-11-21(12-14-22)37(40)41/h4-17,38-39H,1-3H3. The third-order valence-electron chi connectivity index (χ3n) is 6.79. The Kier molecular flexibility index (Phi) is 7.01. The third kappa shape index (κ3) is 5.68. The SMILES string of the molecule is CC(C)(C)c1ccc(-c2nnc(-c3cc(O)c(-c4nnc(-c5cccc(Oc6ccc([N+](=O)[O-])cc6)c5)o4)cc3O)o2)cc1. The van der Waals surface area contributed by atoms with Crippen molar-refractivity contribution in [2.75, 3.05) is 0 Å². The van der Waals surface area contributed by atoms with Crippen molar-refractivity contribution >= 4 is 5.69 Å². The van der Waals surface area contributed by atoms with E-state index in [0.717, 1.165) is 11.1 Å². The summed E-state index contributed by atoms with van der Waals surface area (Å²) in [5.74, 6) is 0.741. The molecule has 44 heavy (non-hydrogen) atoms. The van der Waals surface area contributed by atoms with Crippen LogP contribution in [0.3, 0.4) is 0 Å². The van der Waals surface area contributed by atoms with E-state index >= 15 is 0 Å². The predicted octanol–water partition coefficient (Wildman–Crippen LogP) is 7.53. The van der Waals surface area contributed by atoms with Gasteiger partial charge in [0.05, 0.1) is 16.1 Å². The van der Waals surface area contributed by atoms with Gasteiger partial charge in [0, 0.05) is 23.3 Å². The molecule has 0 atom stereocenters. The van der Waals surface area contributed by atoms with Crippen LogP contribution in [0.2, 0.25) is 0 Å². The van der Waals surface area contributed by atoms with E-state index in [0.29, 0.717) is 17.1 Å². The maximum Gasteiger partial charge on any atom is 0.269 e. The van der Waals surface area contributed by atoms with Crippen LogP contribution in [0.25, 0.3) is 45.8 Å². The van der Waals surface area contributed by atoms with Crippen molar-refractivity contribution in [3.05, 3.63) is 101 Å². The molecule has 0 aliphatic rings. The molecule has 2 N–H and O–H groups in total. The number of hydrogen-bond acceptors (Lipinski definition) is 11. The molecule has 12 nitrogen and oxygen atoms in total. The molecule has 0 saturated heterocycles. The lowest BCUT2D eigenvalue weighted by Crippen LogP contribution is -2.10. The number of nitrogens with zero attached hydrogens (tertiary/aromatic N) is 5. The number of rotatable bonds is 7. The van der Waals surface area contributed by atoms with Gasteiger partial charge in [0.2, 0.25) is 11.8 Å². The van der Waals surface area contributed by atoms with E-state index in [1.807, 2.05) is 24.3 Å². The van der Waals surface area contributed by atoms with Crippen molar-refractivity contribution in [2.24, 2.45) is 0 Å². The topological polar surface area (TPSA) is 171 Å². The van der Waals surface area contributed by atoms with Gasteiger partial charge in [-0.2, -0.15) is 0 Å². The first-order chi connectivity index (χ1) is 21.0. The van der Waals surface area contributed by atoms with E-state index in [1.54, 1.807) is 24.3 Å². The Morgan fingerprint density at radius 2 is 1.23 bits per heavy atom. The second kappa shape index (κ2) is 11.0. The molecule has 0 fully saturated rings. The molecular formula is C32H25N5O7. The molecule has 0 radical (unpaired) electrons. The smallest absolute Gasteiger partial charge is 0.269 e. The van der Waals surface area contributed by atoms with Crippen LogP contribution in [0.1, 0.15) is 26.3 Å². The van der Waals surface area contributed by atoms with Gasteiger partial charge in [-0.15, -0.1) is 20.4 Å². The monoisotopic (exact) mass is 591 g/mol. The zero-order valence-corrected chi connectivity index (χ0v) is 23.8. The summed E-state index contributed by atoms with van der Waals surface area (Å²) in [5, 5.41) is 48.7. The maximum atomic E-state index is 10.9. The highest BCUT2D eigenvalue weighted by atomic mass is 16.6. The molecular weight excluding hydrogens is 566 g/mol. The average molecular weight is 592 g/mol. The number of aromatic nitrogens is 4. The van der Waals surface area contributed by atoms with E-state index in [4.69, 9.17) is 13.6 Å². The number of ether oxygens (including phenoxy) is 1. The number of aromatic hydroxyl groups is 2. The lowest BCUT2D eigenvalue weighted by atomic mass is 9.87. The molecule has 0 saturated carbocycles. The summed E-state index contributed by atoms with van der Waals surface area (Å²) < 4.78 is 17.4. The first-order valence-electron chi connectivity index (χ1n) is 13.4. The van der Waals surface area contributed by atoms with E-state index in [2.05, 4.69) is 41.2 Å². The summed E-state index contributed by atoms with van der Waals surface area (Å²) in [6.45, 7) is 6.38. The van der Waals surface area contributed by atoms with Gasteiger partial charge < -0.3 is 23.8 Å². The van der Waals surface area contributed by atoms with Gasteiger partial charge in [-0.1, -0.05) is 39.0 Å². The normalized spacial score (nSPS) is 11.4. The maximum absolute atomic E-state index is 10.9. The Balaban J connectivity index is 1.21. The fourth-order valence-electron chi connectivity index (χ4n) is 4.39. The number of benzene rings is 4. The fraction of sp³-hybridized carbons (Fsp3) is 0.125. The Morgan fingerprint density at radius 1 is 0.682 bits per heavy atom. The number of hydrogen-bond donors (Lipinski definition) is 2. The molecule has 2 heterocycles. The number of non-ortho nitro benzene ring substituents is 1. The molecule has 0 aliphatic carbocycles. The zero-order chi connectivity index (χ0) is 31.0. The number of nitro groups is 1. The third-order valence-corrected chi connectivity index (χ3v) is 6.79. The van der Waals surface area contributed by atoms with Crippen LogP contribution >= 0.6 is 0 Å². The molecule has 220 valence electrons. The Hall–Kier alpha value is -6.04. The highest BCUT2D eigenvalue weighted by molar-refractivity contribution is 5.75. The quantitative estimate of drug-likeness (QED) is 0.107. The van der Waals surface area contributed by atoms with Crippen molar-refractivity contribution in [2.45, 2.75) is 26.2 Å². The van der Waals surface area contributed by atoms with Crippen LogP contribution in [0.4, 0.5) is 5.69 Å². The Labute approximate surface area is 250 Å². The highest BCUT2D eigenvalue weighted by Crippen LogP contribution is 2.40. The zero-order valence-electron chi connectivity index (χ0n) is 23.8. The summed E-state index contributed by atoms with van der Waals surface area (Å²) in [6.07, 6.45) is 0. The van der Waals surface area contributed by atoms with Crippen LogP contribution in [-0.2, 0) is 5.41 Å². The van der Waals surface area contributed by atoms with E-state index in [9.17, 15) is 20.3 Å². The fourth-order valence-corrected chi connectivity index (χ4v) is 4.39. The van der Waals surface area contributed by atoms with Crippen molar-refractivity contribution < 1.29 is 28.7 Å². The summed E-state index contributed by atoms with van der Waals surface area (Å²) in [7, 11) is 0. The largest absolute Gasteiger partial charge is 0.507 e. The number of phenols is 2. The van der Waals surface area contributed by atoms with Crippen molar-refractivity contribution in [3.8, 4) is 68.8 Å². The summed E-state index contributed by atoms with van der Waals surface area (Å²) >= 11 is 0. The van der Waals surface area contributed by atoms with Gasteiger partial charge in [0.1, 0.15) is 23.0 Å². The average Bonchev–Trinajstić information content (AvgIpc) is 3.69. The minimum Gasteiger partial charge on any atom is -0.507 e. The van der Waals surface area contributed by atoms with Crippen molar-refractivity contribution in [1.82, 2.24) is 20.4 Å². The summed E-state index contributed by atoms with van der Waals surface area (Å²) in [4.78, 5) is 10.4. The lowest BCUT2D eigenvalue weighted by Gasteiger charge is -2.18. The molecule has 2 aromatic heterocycles. The van der Waals surface area contributed by atoms with Crippen LogP contribution in [-0.4, -0.2) is 35.5 Å².